The van der Waals surface area contributed by atoms with E-state index < -0.39 is 0 Å². The number of aromatic nitrogens is 2. The zero-order valence-corrected chi connectivity index (χ0v) is 18.4. The lowest BCUT2D eigenvalue weighted by molar-refractivity contribution is -0.133. The van der Waals surface area contributed by atoms with Crippen molar-refractivity contribution >= 4 is 5.91 Å². The molecule has 1 amide bonds. The van der Waals surface area contributed by atoms with Crippen LogP contribution >= 0.6 is 0 Å². The fourth-order valence-corrected chi connectivity index (χ4v) is 3.66. The van der Waals surface area contributed by atoms with Crippen molar-refractivity contribution in [2.75, 3.05) is 13.7 Å². The number of amides is 1. The molecule has 0 radical (unpaired) electrons. The van der Waals surface area contributed by atoms with Gasteiger partial charge >= 0.3 is 0 Å². The van der Waals surface area contributed by atoms with E-state index in [4.69, 9.17) is 14.6 Å². The van der Waals surface area contributed by atoms with Crippen molar-refractivity contribution in [3.05, 3.63) is 65.9 Å². The number of rotatable bonds is 9. The molecule has 0 unspecified atom stereocenters. The molecule has 1 saturated carbocycles. The Morgan fingerprint density at radius 1 is 1.13 bits per heavy atom. The molecule has 1 aliphatic rings. The van der Waals surface area contributed by atoms with E-state index in [0.717, 1.165) is 48.5 Å². The van der Waals surface area contributed by atoms with E-state index in [9.17, 15) is 4.79 Å². The lowest BCUT2D eigenvalue weighted by Crippen LogP contribution is -2.32. The Balaban J connectivity index is 1.74. The molecule has 1 fully saturated rings. The van der Waals surface area contributed by atoms with Crippen LogP contribution in [0.1, 0.15) is 37.4 Å². The van der Waals surface area contributed by atoms with E-state index in [1.54, 1.807) is 7.11 Å². The largest absolute Gasteiger partial charge is 0.497 e. The maximum absolute atomic E-state index is 12.9. The van der Waals surface area contributed by atoms with E-state index in [-0.39, 0.29) is 11.8 Å². The first-order valence-corrected chi connectivity index (χ1v) is 10.8. The average molecular weight is 420 g/mol. The van der Waals surface area contributed by atoms with Crippen LogP contribution in [-0.4, -0.2) is 34.2 Å². The molecule has 6 heteroatoms. The van der Waals surface area contributed by atoms with E-state index in [1.165, 1.54) is 0 Å². The van der Waals surface area contributed by atoms with Gasteiger partial charge in [-0.1, -0.05) is 31.2 Å². The number of benzene rings is 2. The normalized spacial score (nSPS) is 13.1. The molecular weight excluding hydrogens is 390 g/mol. The van der Waals surface area contributed by atoms with Gasteiger partial charge in [-0.05, 0) is 50.5 Å². The van der Waals surface area contributed by atoms with Gasteiger partial charge in [0.25, 0.3) is 0 Å². The third-order valence-corrected chi connectivity index (χ3v) is 5.47. The lowest BCUT2D eigenvalue weighted by atomic mass is 10.2. The van der Waals surface area contributed by atoms with Crippen LogP contribution in [0.25, 0.3) is 5.69 Å². The zero-order chi connectivity index (χ0) is 21.8. The minimum Gasteiger partial charge on any atom is -0.497 e. The standard InChI is InChI=1S/C25H29N3O3/c1-4-15-27(24(29)19-13-14-19)17-23-18(2)26-28(20-9-6-5-7-10-20)25(23)31-22-12-8-11-21(16-22)30-3/h5-12,16,19H,4,13-15,17H2,1-3H3. The molecular formula is C25H29N3O3. The molecule has 31 heavy (non-hydrogen) atoms. The van der Waals surface area contributed by atoms with Gasteiger partial charge in [-0.2, -0.15) is 5.10 Å². The van der Waals surface area contributed by atoms with Gasteiger partial charge in [-0.15, -0.1) is 0 Å². The monoisotopic (exact) mass is 419 g/mol. The number of aryl methyl sites for hydroxylation is 1. The number of hydrogen-bond acceptors (Lipinski definition) is 4. The molecule has 6 nitrogen and oxygen atoms in total. The summed E-state index contributed by atoms with van der Waals surface area (Å²) in [6.07, 6.45) is 2.90. The topological polar surface area (TPSA) is 56.6 Å². The second-order valence-corrected chi connectivity index (χ2v) is 7.93. The van der Waals surface area contributed by atoms with Crippen LogP contribution in [0.5, 0.6) is 17.4 Å². The number of para-hydroxylation sites is 1. The van der Waals surface area contributed by atoms with Gasteiger partial charge in [0.2, 0.25) is 11.8 Å². The highest BCUT2D eigenvalue weighted by molar-refractivity contribution is 5.81. The van der Waals surface area contributed by atoms with Gasteiger partial charge in [0.1, 0.15) is 11.5 Å². The van der Waals surface area contributed by atoms with E-state index >= 15 is 0 Å². The fraction of sp³-hybridized carbons (Fsp3) is 0.360. The lowest BCUT2D eigenvalue weighted by Gasteiger charge is -2.23. The second kappa shape index (κ2) is 9.25. The predicted molar refractivity (Wildman–Crippen MR) is 120 cm³/mol. The maximum atomic E-state index is 12.9. The molecule has 162 valence electrons. The molecule has 0 atom stereocenters. The molecule has 0 N–H and O–H groups in total. The quantitative estimate of drug-likeness (QED) is 0.482. The third-order valence-electron chi connectivity index (χ3n) is 5.47. The summed E-state index contributed by atoms with van der Waals surface area (Å²) in [4.78, 5) is 14.8. The van der Waals surface area contributed by atoms with Crippen LogP contribution in [0, 0.1) is 12.8 Å². The van der Waals surface area contributed by atoms with Crippen molar-refractivity contribution in [2.24, 2.45) is 5.92 Å². The number of ether oxygens (including phenoxy) is 2. The summed E-state index contributed by atoms with van der Waals surface area (Å²) < 4.78 is 13.5. The molecule has 1 aromatic heterocycles. The van der Waals surface area contributed by atoms with Gasteiger partial charge in [0, 0.05) is 18.5 Å². The van der Waals surface area contributed by atoms with Crippen LogP contribution in [-0.2, 0) is 11.3 Å². The van der Waals surface area contributed by atoms with Crippen LogP contribution in [0.2, 0.25) is 0 Å². The average Bonchev–Trinajstić information content (AvgIpc) is 3.60. The maximum Gasteiger partial charge on any atom is 0.227 e. The van der Waals surface area contributed by atoms with Crippen molar-refractivity contribution in [1.82, 2.24) is 14.7 Å². The summed E-state index contributed by atoms with van der Waals surface area (Å²) in [5, 5.41) is 4.78. The molecule has 2 aromatic carbocycles. The zero-order valence-electron chi connectivity index (χ0n) is 18.4. The minimum atomic E-state index is 0.179. The second-order valence-electron chi connectivity index (χ2n) is 7.93. The van der Waals surface area contributed by atoms with Gasteiger partial charge in [-0.25, -0.2) is 4.68 Å². The van der Waals surface area contributed by atoms with Crippen molar-refractivity contribution < 1.29 is 14.3 Å². The molecule has 1 aliphatic carbocycles. The van der Waals surface area contributed by atoms with E-state index in [1.807, 2.05) is 71.1 Å². The molecule has 1 heterocycles. The molecule has 3 aromatic rings. The van der Waals surface area contributed by atoms with Gasteiger partial charge in [0.05, 0.1) is 30.6 Å². The molecule has 0 bridgehead atoms. The van der Waals surface area contributed by atoms with Gasteiger partial charge < -0.3 is 14.4 Å². The molecule has 0 aliphatic heterocycles. The number of carbonyl (C=O) groups excluding carboxylic acids is 1. The summed E-state index contributed by atoms with van der Waals surface area (Å²) in [5.41, 5.74) is 2.69. The first-order valence-electron chi connectivity index (χ1n) is 10.8. The van der Waals surface area contributed by atoms with Crippen molar-refractivity contribution in [2.45, 2.75) is 39.7 Å². The number of carbonyl (C=O) groups is 1. The summed E-state index contributed by atoms with van der Waals surface area (Å²) in [5.74, 6) is 2.42. The Morgan fingerprint density at radius 3 is 2.55 bits per heavy atom. The number of hydrogen-bond donors (Lipinski definition) is 0. The van der Waals surface area contributed by atoms with Crippen molar-refractivity contribution in [1.29, 1.82) is 0 Å². The van der Waals surface area contributed by atoms with E-state index in [2.05, 4.69) is 6.92 Å². The Bertz CT molecular complexity index is 1040. The smallest absolute Gasteiger partial charge is 0.227 e. The highest BCUT2D eigenvalue weighted by Crippen LogP contribution is 2.35. The van der Waals surface area contributed by atoms with Crippen molar-refractivity contribution in [3.8, 4) is 23.1 Å². The van der Waals surface area contributed by atoms with Gasteiger partial charge in [-0.3, -0.25) is 4.79 Å². The Morgan fingerprint density at radius 2 is 1.87 bits per heavy atom. The molecule has 4 rings (SSSR count). The van der Waals surface area contributed by atoms with E-state index in [0.29, 0.717) is 18.2 Å². The van der Waals surface area contributed by atoms with Crippen LogP contribution < -0.4 is 9.47 Å². The minimum absolute atomic E-state index is 0.179. The van der Waals surface area contributed by atoms with Crippen LogP contribution in [0.4, 0.5) is 0 Å². The van der Waals surface area contributed by atoms with Crippen LogP contribution in [0.15, 0.2) is 54.6 Å². The highest BCUT2D eigenvalue weighted by atomic mass is 16.5. The fourth-order valence-electron chi connectivity index (χ4n) is 3.66. The predicted octanol–water partition coefficient (Wildman–Crippen LogP) is 5.13. The van der Waals surface area contributed by atoms with Gasteiger partial charge in [0.15, 0.2) is 0 Å². The van der Waals surface area contributed by atoms with Crippen molar-refractivity contribution in [3.63, 3.8) is 0 Å². The Hall–Kier alpha value is -3.28. The summed E-state index contributed by atoms with van der Waals surface area (Å²) >= 11 is 0. The first-order chi connectivity index (χ1) is 15.1. The first kappa shape index (κ1) is 21.0. The highest BCUT2D eigenvalue weighted by Gasteiger charge is 2.34. The Labute approximate surface area is 183 Å². The summed E-state index contributed by atoms with van der Waals surface area (Å²) in [6.45, 7) is 5.28. The SMILES string of the molecule is CCCN(Cc1c(C)nn(-c2ccccc2)c1Oc1cccc(OC)c1)C(=O)C1CC1. The third kappa shape index (κ3) is 4.74. The van der Waals surface area contributed by atoms with Crippen LogP contribution in [0.3, 0.4) is 0 Å². The number of methoxy groups -OCH3 is 1. The molecule has 0 spiro atoms. The summed E-state index contributed by atoms with van der Waals surface area (Å²) in [7, 11) is 1.63. The summed E-state index contributed by atoms with van der Waals surface area (Å²) in [6, 6.07) is 17.4. The number of nitrogens with zero attached hydrogens (tertiary/aromatic N) is 3. The molecule has 0 saturated heterocycles. The Kier molecular flexibility index (Phi) is 6.26.